The second kappa shape index (κ2) is 10.4. The zero-order valence-electron chi connectivity index (χ0n) is 17.1. The highest BCUT2D eigenvalue weighted by molar-refractivity contribution is 7.99. The predicted octanol–water partition coefficient (Wildman–Crippen LogP) is 4.78. The number of hydrogen-bond donors (Lipinski definition) is 1. The summed E-state index contributed by atoms with van der Waals surface area (Å²) in [6.45, 7) is 7.61. The van der Waals surface area contributed by atoms with E-state index in [9.17, 15) is 4.79 Å². The molecule has 9 heteroatoms. The van der Waals surface area contributed by atoms with Gasteiger partial charge in [0.25, 0.3) is 0 Å². The van der Waals surface area contributed by atoms with E-state index in [4.69, 9.17) is 16.3 Å². The van der Waals surface area contributed by atoms with Crippen molar-refractivity contribution < 1.29 is 9.53 Å². The Morgan fingerprint density at radius 3 is 2.67 bits per heavy atom. The maximum Gasteiger partial charge on any atom is 0.234 e. The molecule has 0 aliphatic carbocycles. The summed E-state index contributed by atoms with van der Waals surface area (Å²) in [7, 11) is 0. The number of hydrogen-bond acceptors (Lipinski definition) is 6. The van der Waals surface area contributed by atoms with Crippen LogP contribution in [0.15, 0.2) is 47.8 Å². The topological polar surface area (TPSA) is 81.9 Å². The van der Waals surface area contributed by atoms with E-state index in [0.29, 0.717) is 29.9 Å². The fraction of sp³-hybridized carbons (Fsp3) is 0.333. The second-order valence-corrected chi connectivity index (χ2v) is 8.26. The number of nitrogens with one attached hydrogen (secondary N) is 1. The van der Waals surface area contributed by atoms with Crippen molar-refractivity contribution in [2.75, 3.05) is 17.7 Å². The van der Waals surface area contributed by atoms with Crippen LogP contribution in [0.5, 0.6) is 5.75 Å². The van der Waals surface area contributed by atoms with E-state index >= 15 is 0 Å². The number of anilines is 1. The van der Waals surface area contributed by atoms with Gasteiger partial charge >= 0.3 is 0 Å². The van der Waals surface area contributed by atoms with Crippen molar-refractivity contribution in [3.63, 3.8) is 0 Å². The average molecular weight is 446 g/mol. The number of carbonyl (C=O) groups is 1. The van der Waals surface area contributed by atoms with Crippen molar-refractivity contribution in [1.29, 1.82) is 0 Å². The lowest BCUT2D eigenvalue weighted by atomic mass is 10.2. The smallest absolute Gasteiger partial charge is 0.234 e. The van der Waals surface area contributed by atoms with Gasteiger partial charge in [-0.1, -0.05) is 37.2 Å². The van der Waals surface area contributed by atoms with Gasteiger partial charge in [-0.3, -0.25) is 4.79 Å². The number of pyridine rings is 1. The van der Waals surface area contributed by atoms with Gasteiger partial charge in [0.2, 0.25) is 5.91 Å². The monoisotopic (exact) mass is 445 g/mol. The highest BCUT2D eigenvalue weighted by atomic mass is 35.5. The molecule has 0 bridgehead atoms. The van der Waals surface area contributed by atoms with Crippen LogP contribution in [-0.4, -0.2) is 38.0 Å². The van der Waals surface area contributed by atoms with Crippen LogP contribution in [-0.2, 0) is 11.3 Å². The molecule has 3 rings (SSSR count). The zero-order valence-corrected chi connectivity index (χ0v) is 18.7. The van der Waals surface area contributed by atoms with Crippen LogP contribution in [0.1, 0.15) is 20.8 Å². The Labute approximate surface area is 185 Å². The standard InChI is InChI=1S/C21H24ClN5O2S/c1-4-27-20(15-7-9-16(10-8-15)29-12-14(2)3)25-26-21(27)30-13-18(28)24-17-6-5-11-23-19(17)22/h5-11,14H,4,12-13H2,1-3H3,(H,24,28). The zero-order chi connectivity index (χ0) is 21.5. The van der Waals surface area contributed by atoms with E-state index in [1.807, 2.05) is 35.8 Å². The van der Waals surface area contributed by atoms with Gasteiger partial charge in [0.05, 0.1) is 18.0 Å². The summed E-state index contributed by atoms with van der Waals surface area (Å²) in [6, 6.07) is 11.2. The molecular weight excluding hydrogens is 422 g/mol. The maximum absolute atomic E-state index is 12.3. The number of nitrogens with zero attached hydrogens (tertiary/aromatic N) is 4. The molecular formula is C21H24ClN5O2S. The van der Waals surface area contributed by atoms with Crippen LogP contribution in [0.25, 0.3) is 11.4 Å². The number of benzene rings is 1. The normalized spacial score (nSPS) is 11.0. The average Bonchev–Trinajstić information content (AvgIpc) is 3.15. The molecule has 0 saturated heterocycles. The van der Waals surface area contributed by atoms with Crippen LogP contribution in [0.4, 0.5) is 5.69 Å². The summed E-state index contributed by atoms with van der Waals surface area (Å²) in [4.78, 5) is 16.2. The number of thioether (sulfide) groups is 1. The van der Waals surface area contributed by atoms with Crippen molar-refractivity contribution in [3.05, 3.63) is 47.7 Å². The highest BCUT2D eigenvalue weighted by Gasteiger charge is 2.15. The van der Waals surface area contributed by atoms with Gasteiger partial charge < -0.3 is 14.6 Å². The molecule has 0 aliphatic heterocycles. The summed E-state index contributed by atoms with van der Waals surface area (Å²) in [6.07, 6.45) is 1.57. The number of halogens is 1. The summed E-state index contributed by atoms with van der Waals surface area (Å²) in [5, 5.41) is 12.3. The molecule has 0 saturated carbocycles. The first kappa shape index (κ1) is 22.1. The Kier molecular flexibility index (Phi) is 7.70. The largest absolute Gasteiger partial charge is 0.493 e. The van der Waals surface area contributed by atoms with Crippen molar-refractivity contribution in [2.45, 2.75) is 32.5 Å². The van der Waals surface area contributed by atoms with E-state index in [0.717, 1.165) is 17.1 Å². The third-order valence-electron chi connectivity index (χ3n) is 4.09. The molecule has 3 aromatic rings. The van der Waals surface area contributed by atoms with E-state index in [-0.39, 0.29) is 16.8 Å². The first-order valence-corrected chi connectivity index (χ1v) is 11.0. The van der Waals surface area contributed by atoms with E-state index in [2.05, 4.69) is 34.3 Å². The molecule has 1 amide bonds. The Bertz CT molecular complexity index is 991. The van der Waals surface area contributed by atoms with Gasteiger partial charge in [-0.2, -0.15) is 0 Å². The number of carbonyl (C=O) groups excluding carboxylic acids is 1. The van der Waals surface area contributed by atoms with Gasteiger partial charge in [-0.25, -0.2) is 4.98 Å². The Morgan fingerprint density at radius 2 is 2.00 bits per heavy atom. The quantitative estimate of drug-likeness (QED) is 0.377. The molecule has 7 nitrogen and oxygen atoms in total. The lowest BCUT2D eigenvalue weighted by Gasteiger charge is -2.10. The Morgan fingerprint density at radius 1 is 1.23 bits per heavy atom. The molecule has 0 unspecified atom stereocenters. The fourth-order valence-electron chi connectivity index (χ4n) is 2.65. The molecule has 0 aliphatic rings. The lowest BCUT2D eigenvalue weighted by Crippen LogP contribution is -2.15. The number of ether oxygens (including phenoxy) is 1. The third-order valence-corrected chi connectivity index (χ3v) is 5.36. The first-order chi connectivity index (χ1) is 14.5. The van der Waals surface area contributed by atoms with Gasteiger partial charge in [-0.05, 0) is 49.2 Å². The van der Waals surface area contributed by atoms with Crippen molar-refractivity contribution in [3.8, 4) is 17.1 Å². The number of aromatic nitrogens is 4. The van der Waals surface area contributed by atoms with Crippen LogP contribution in [0.3, 0.4) is 0 Å². The second-order valence-electron chi connectivity index (χ2n) is 6.96. The highest BCUT2D eigenvalue weighted by Crippen LogP contribution is 2.26. The number of amides is 1. The summed E-state index contributed by atoms with van der Waals surface area (Å²) in [5.41, 5.74) is 1.43. The molecule has 0 spiro atoms. The molecule has 0 radical (unpaired) electrons. The van der Waals surface area contributed by atoms with Crippen molar-refractivity contribution in [1.82, 2.24) is 19.7 Å². The van der Waals surface area contributed by atoms with Gasteiger partial charge in [0.15, 0.2) is 16.1 Å². The van der Waals surface area contributed by atoms with Crippen LogP contribution in [0.2, 0.25) is 5.15 Å². The summed E-state index contributed by atoms with van der Waals surface area (Å²) in [5.74, 6) is 2.06. The maximum atomic E-state index is 12.3. The molecule has 158 valence electrons. The third kappa shape index (κ3) is 5.73. The minimum Gasteiger partial charge on any atom is -0.493 e. The van der Waals surface area contributed by atoms with Crippen molar-refractivity contribution in [2.24, 2.45) is 5.92 Å². The number of rotatable bonds is 9. The lowest BCUT2D eigenvalue weighted by molar-refractivity contribution is -0.113. The first-order valence-electron chi connectivity index (χ1n) is 9.67. The predicted molar refractivity (Wildman–Crippen MR) is 120 cm³/mol. The molecule has 0 fully saturated rings. The van der Waals surface area contributed by atoms with E-state index < -0.39 is 0 Å². The SMILES string of the molecule is CCn1c(SCC(=O)Nc2cccnc2Cl)nnc1-c1ccc(OCC(C)C)cc1. The molecule has 30 heavy (non-hydrogen) atoms. The van der Waals surface area contributed by atoms with Gasteiger partial charge in [0.1, 0.15) is 5.75 Å². The summed E-state index contributed by atoms with van der Waals surface area (Å²) >= 11 is 7.31. The van der Waals surface area contributed by atoms with Gasteiger partial charge in [-0.15, -0.1) is 10.2 Å². The summed E-state index contributed by atoms with van der Waals surface area (Å²) < 4.78 is 7.72. The van der Waals surface area contributed by atoms with Crippen LogP contribution in [0, 0.1) is 5.92 Å². The molecule has 1 N–H and O–H groups in total. The van der Waals surface area contributed by atoms with Crippen LogP contribution < -0.4 is 10.1 Å². The Hall–Kier alpha value is -2.58. The molecule has 1 aromatic carbocycles. The molecule has 2 aromatic heterocycles. The molecule has 0 atom stereocenters. The minimum atomic E-state index is -0.186. The van der Waals surface area contributed by atoms with Crippen LogP contribution >= 0.6 is 23.4 Å². The molecule has 2 heterocycles. The fourth-order valence-corrected chi connectivity index (χ4v) is 3.62. The Balaban J connectivity index is 1.65. The van der Waals surface area contributed by atoms with E-state index in [1.54, 1.807) is 18.3 Å². The minimum absolute atomic E-state index is 0.186. The van der Waals surface area contributed by atoms with Gasteiger partial charge in [0, 0.05) is 18.3 Å². The van der Waals surface area contributed by atoms with Crippen molar-refractivity contribution >= 4 is 35.0 Å². The van der Waals surface area contributed by atoms with E-state index in [1.165, 1.54) is 11.8 Å².